The van der Waals surface area contributed by atoms with Gasteiger partial charge in [0.15, 0.2) is 0 Å². The van der Waals surface area contributed by atoms with E-state index in [9.17, 15) is 9.18 Å². The summed E-state index contributed by atoms with van der Waals surface area (Å²) >= 11 is 0. The first-order valence-electron chi connectivity index (χ1n) is 5.56. The van der Waals surface area contributed by atoms with Crippen LogP contribution in [0.1, 0.15) is 18.2 Å². The van der Waals surface area contributed by atoms with Crippen LogP contribution in [-0.4, -0.2) is 22.6 Å². The molecule has 1 amide bonds. The second-order valence-electron chi connectivity index (χ2n) is 4.16. The molecule has 1 atom stereocenters. The Morgan fingerprint density at radius 1 is 1.33 bits per heavy atom. The molecular weight excluding hydrogens is 237 g/mol. The minimum atomic E-state index is -0.321. The fraction of sp³-hybridized carbons (Fsp3) is 0.250. The molecule has 0 aliphatic carbocycles. The van der Waals surface area contributed by atoms with Crippen LogP contribution in [0, 0.1) is 5.82 Å². The van der Waals surface area contributed by atoms with Crippen LogP contribution in [-0.2, 0) is 4.79 Å². The van der Waals surface area contributed by atoms with Gasteiger partial charge in [0.05, 0.1) is 5.92 Å². The topological polar surface area (TPSA) is 59.2 Å². The molecule has 0 spiro atoms. The summed E-state index contributed by atoms with van der Waals surface area (Å²) in [5.74, 6) is 0.0293. The largest absolute Gasteiger partial charge is 0.428 e. The number of hydrogen-bond donors (Lipinski definition) is 0. The molecule has 2 heterocycles. The first-order chi connectivity index (χ1) is 8.74. The third-order valence-electron chi connectivity index (χ3n) is 2.99. The fourth-order valence-corrected chi connectivity index (χ4v) is 2.10. The summed E-state index contributed by atoms with van der Waals surface area (Å²) in [6.07, 6.45) is 1.58. The maximum absolute atomic E-state index is 12.8. The van der Waals surface area contributed by atoms with Gasteiger partial charge in [0.2, 0.25) is 18.2 Å². The second-order valence-corrected chi connectivity index (χ2v) is 4.16. The van der Waals surface area contributed by atoms with Crippen LogP contribution in [0.15, 0.2) is 35.1 Å². The molecule has 0 saturated carbocycles. The average Bonchev–Trinajstić information content (AvgIpc) is 2.99. The van der Waals surface area contributed by atoms with E-state index < -0.39 is 0 Å². The van der Waals surface area contributed by atoms with E-state index in [0.29, 0.717) is 24.5 Å². The zero-order valence-electron chi connectivity index (χ0n) is 9.41. The Hall–Kier alpha value is -2.24. The van der Waals surface area contributed by atoms with Crippen LogP contribution in [0.25, 0.3) is 0 Å². The maximum Gasteiger partial charge on any atom is 0.227 e. The molecule has 1 aromatic heterocycles. The Balaban J connectivity index is 1.82. The number of hydrogen-bond acceptors (Lipinski definition) is 4. The van der Waals surface area contributed by atoms with Gasteiger partial charge in [0.25, 0.3) is 0 Å². The van der Waals surface area contributed by atoms with E-state index in [-0.39, 0.29) is 17.6 Å². The number of nitrogens with zero attached hydrogens (tertiary/aromatic N) is 3. The predicted molar refractivity (Wildman–Crippen MR) is 60.4 cm³/mol. The second kappa shape index (κ2) is 4.21. The summed E-state index contributed by atoms with van der Waals surface area (Å²) in [6, 6.07) is 5.85. The lowest BCUT2D eigenvalue weighted by atomic mass is 10.1. The Morgan fingerprint density at radius 2 is 2.11 bits per heavy atom. The minimum Gasteiger partial charge on any atom is -0.428 e. The van der Waals surface area contributed by atoms with E-state index in [0.717, 1.165) is 0 Å². The molecule has 0 radical (unpaired) electrons. The molecule has 1 aliphatic rings. The lowest BCUT2D eigenvalue weighted by Crippen LogP contribution is -2.24. The number of carbonyl (C=O) groups excluding carboxylic acids is 1. The highest BCUT2D eigenvalue weighted by Crippen LogP contribution is 2.30. The van der Waals surface area contributed by atoms with Crippen molar-refractivity contribution in [2.75, 3.05) is 11.4 Å². The van der Waals surface area contributed by atoms with Crippen molar-refractivity contribution in [3.63, 3.8) is 0 Å². The summed E-state index contributed by atoms with van der Waals surface area (Å²) in [6.45, 7) is 0.479. The average molecular weight is 247 g/mol. The fourth-order valence-electron chi connectivity index (χ4n) is 2.10. The molecule has 0 bridgehead atoms. The number of rotatable bonds is 2. The van der Waals surface area contributed by atoms with Gasteiger partial charge in [-0.15, -0.1) is 10.2 Å². The first kappa shape index (κ1) is 10.9. The quantitative estimate of drug-likeness (QED) is 0.810. The standard InChI is InChI=1S/C12H10FN3O2/c13-9-1-3-10(4-2-9)16-6-8(5-11(16)17)12-15-14-7-18-12/h1-4,7-8H,5-6H2/t8-/m1/s1. The van der Waals surface area contributed by atoms with E-state index in [1.54, 1.807) is 17.0 Å². The van der Waals surface area contributed by atoms with E-state index in [1.165, 1.54) is 18.5 Å². The molecule has 1 fully saturated rings. The van der Waals surface area contributed by atoms with Crippen LogP contribution >= 0.6 is 0 Å². The van der Waals surface area contributed by atoms with E-state index in [4.69, 9.17) is 4.42 Å². The van der Waals surface area contributed by atoms with Crippen LogP contribution in [0.4, 0.5) is 10.1 Å². The Bertz CT molecular complexity index is 553. The van der Waals surface area contributed by atoms with Crippen molar-refractivity contribution in [3.8, 4) is 0 Å². The van der Waals surface area contributed by atoms with Gasteiger partial charge < -0.3 is 9.32 Å². The highest BCUT2D eigenvalue weighted by molar-refractivity contribution is 5.96. The highest BCUT2D eigenvalue weighted by Gasteiger charge is 2.34. The van der Waals surface area contributed by atoms with Gasteiger partial charge >= 0.3 is 0 Å². The maximum atomic E-state index is 12.8. The third kappa shape index (κ3) is 1.85. The van der Waals surface area contributed by atoms with Crippen LogP contribution in [0.5, 0.6) is 0 Å². The first-order valence-corrected chi connectivity index (χ1v) is 5.56. The van der Waals surface area contributed by atoms with Gasteiger partial charge in [-0.2, -0.15) is 0 Å². The molecule has 6 heteroatoms. The van der Waals surface area contributed by atoms with Gasteiger partial charge in [-0.25, -0.2) is 4.39 Å². The number of carbonyl (C=O) groups is 1. The Morgan fingerprint density at radius 3 is 2.78 bits per heavy atom. The van der Waals surface area contributed by atoms with E-state index >= 15 is 0 Å². The summed E-state index contributed by atoms with van der Waals surface area (Å²) in [5.41, 5.74) is 0.684. The molecule has 1 aliphatic heterocycles. The van der Waals surface area contributed by atoms with E-state index in [2.05, 4.69) is 10.2 Å². The van der Waals surface area contributed by atoms with Crippen molar-refractivity contribution < 1.29 is 13.6 Å². The SMILES string of the molecule is O=C1C[C@@H](c2nnco2)CN1c1ccc(F)cc1. The lowest BCUT2D eigenvalue weighted by Gasteiger charge is -2.15. The Labute approximate surface area is 102 Å². The molecule has 0 unspecified atom stereocenters. The summed E-state index contributed by atoms with van der Waals surface area (Å²) in [7, 11) is 0. The molecule has 1 saturated heterocycles. The van der Waals surface area contributed by atoms with E-state index in [1.807, 2.05) is 0 Å². The summed E-state index contributed by atoms with van der Waals surface area (Å²) < 4.78 is 17.9. The van der Waals surface area contributed by atoms with Gasteiger partial charge in [0, 0.05) is 18.7 Å². The minimum absolute atomic E-state index is 0.0233. The molecule has 2 aromatic rings. The Kier molecular flexibility index (Phi) is 2.55. The molecular formula is C12H10FN3O2. The van der Waals surface area contributed by atoms with Crippen molar-refractivity contribution in [1.82, 2.24) is 10.2 Å². The summed E-state index contributed by atoms with van der Waals surface area (Å²) in [5, 5.41) is 7.42. The van der Waals surface area contributed by atoms with Crippen molar-refractivity contribution >= 4 is 11.6 Å². The summed E-state index contributed by atoms with van der Waals surface area (Å²) in [4.78, 5) is 13.5. The van der Waals surface area contributed by atoms with Crippen LogP contribution in [0.3, 0.4) is 0 Å². The molecule has 0 N–H and O–H groups in total. The van der Waals surface area contributed by atoms with Gasteiger partial charge in [-0.3, -0.25) is 4.79 Å². The molecule has 1 aromatic carbocycles. The van der Waals surface area contributed by atoms with Crippen LogP contribution in [0.2, 0.25) is 0 Å². The zero-order valence-corrected chi connectivity index (χ0v) is 9.41. The molecule has 18 heavy (non-hydrogen) atoms. The van der Waals surface area contributed by atoms with Crippen molar-refractivity contribution in [2.45, 2.75) is 12.3 Å². The van der Waals surface area contributed by atoms with Gasteiger partial charge in [-0.05, 0) is 24.3 Å². The normalized spacial score (nSPS) is 19.5. The van der Waals surface area contributed by atoms with Crippen molar-refractivity contribution in [1.29, 1.82) is 0 Å². The van der Waals surface area contributed by atoms with Gasteiger partial charge in [-0.1, -0.05) is 0 Å². The zero-order chi connectivity index (χ0) is 12.5. The molecule has 3 rings (SSSR count). The third-order valence-corrected chi connectivity index (χ3v) is 2.99. The smallest absolute Gasteiger partial charge is 0.227 e. The highest BCUT2D eigenvalue weighted by atomic mass is 19.1. The van der Waals surface area contributed by atoms with Crippen molar-refractivity contribution in [2.24, 2.45) is 0 Å². The number of benzene rings is 1. The predicted octanol–water partition coefficient (Wildman–Crippen LogP) is 1.73. The molecule has 5 nitrogen and oxygen atoms in total. The number of halogens is 1. The van der Waals surface area contributed by atoms with Crippen LogP contribution < -0.4 is 4.90 Å². The number of anilines is 1. The number of aromatic nitrogens is 2. The number of amides is 1. The lowest BCUT2D eigenvalue weighted by molar-refractivity contribution is -0.117. The van der Waals surface area contributed by atoms with Gasteiger partial charge in [0.1, 0.15) is 5.82 Å². The monoisotopic (exact) mass is 247 g/mol. The van der Waals surface area contributed by atoms with Crippen molar-refractivity contribution in [3.05, 3.63) is 42.4 Å². The molecule has 92 valence electrons.